The maximum absolute atomic E-state index is 6.75. The quantitative estimate of drug-likeness (QED) is 0.363. The van der Waals surface area contributed by atoms with Gasteiger partial charge in [-0.3, -0.25) is 4.75 Å². The van der Waals surface area contributed by atoms with Crippen molar-refractivity contribution in [2.45, 2.75) is 125 Å². The maximum Gasteiger partial charge on any atom is 0.128 e. The van der Waals surface area contributed by atoms with Crippen molar-refractivity contribution in [2.75, 3.05) is 0 Å². The van der Waals surface area contributed by atoms with Gasteiger partial charge < -0.3 is 4.52 Å². The molecule has 0 saturated heterocycles. The van der Waals surface area contributed by atoms with Gasteiger partial charge in [-0.1, -0.05) is 101 Å². The first-order chi connectivity index (χ1) is 12.8. The van der Waals surface area contributed by atoms with Crippen LogP contribution in [-0.4, -0.2) is 14.3 Å². The lowest BCUT2D eigenvalue weighted by Gasteiger charge is -2.38. The van der Waals surface area contributed by atoms with Crippen molar-refractivity contribution in [1.29, 1.82) is 0 Å². The molecule has 0 aliphatic heterocycles. The minimum atomic E-state index is -1.54. The molecule has 0 bridgehead atoms. The van der Waals surface area contributed by atoms with Crippen LogP contribution in [0.5, 0.6) is 0 Å². The standard InChI is InChI=1S/C25H48NOPSi/c1-15-18(2)27-28(26-29(12,13)14)22-20(24(6,7)8)16-19(23(3,4)5)17-21(22)25(9,10)11/h16-18,26H,15H2,1-14H3. The third-order valence-electron chi connectivity index (χ3n) is 5.09. The maximum atomic E-state index is 6.75. The van der Waals surface area contributed by atoms with Gasteiger partial charge in [0.2, 0.25) is 0 Å². The molecule has 0 saturated carbocycles. The van der Waals surface area contributed by atoms with Gasteiger partial charge in [0, 0.05) is 5.30 Å². The second-order valence-corrected chi connectivity index (χ2v) is 19.3. The average Bonchev–Trinajstić information content (AvgIpc) is 2.48. The van der Waals surface area contributed by atoms with Gasteiger partial charge in [-0.25, -0.2) is 0 Å². The van der Waals surface area contributed by atoms with Crippen LogP contribution in [0, 0.1) is 0 Å². The van der Waals surface area contributed by atoms with Gasteiger partial charge in [0.05, 0.1) is 6.10 Å². The molecule has 0 aliphatic carbocycles. The Morgan fingerprint density at radius 3 is 1.55 bits per heavy atom. The Balaban J connectivity index is 3.95. The van der Waals surface area contributed by atoms with E-state index in [9.17, 15) is 0 Å². The van der Waals surface area contributed by atoms with E-state index in [4.69, 9.17) is 4.52 Å². The van der Waals surface area contributed by atoms with Crippen molar-refractivity contribution in [1.82, 2.24) is 4.75 Å². The summed E-state index contributed by atoms with van der Waals surface area (Å²) in [6.07, 6.45) is 1.27. The van der Waals surface area contributed by atoms with E-state index in [1.807, 2.05) is 0 Å². The van der Waals surface area contributed by atoms with E-state index in [1.165, 1.54) is 22.0 Å². The largest absolute Gasteiger partial charge is 0.337 e. The highest BCUT2D eigenvalue weighted by Gasteiger charge is 2.35. The summed E-state index contributed by atoms with van der Waals surface area (Å²) < 4.78 is 10.7. The third kappa shape index (κ3) is 7.76. The fraction of sp³-hybridized carbons (Fsp3) is 0.760. The molecule has 2 unspecified atom stereocenters. The molecule has 1 aromatic rings. The SMILES string of the molecule is CCC(C)OP(N[Si](C)(C)C)c1c(C(C)(C)C)cc(C(C)(C)C)cc1C(C)(C)C. The van der Waals surface area contributed by atoms with E-state index in [-0.39, 0.29) is 22.3 Å². The summed E-state index contributed by atoms with van der Waals surface area (Å²) in [5.41, 5.74) is 4.52. The van der Waals surface area contributed by atoms with Gasteiger partial charge >= 0.3 is 0 Å². The molecular weight excluding hydrogens is 389 g/mol. The van der Waals surface area contributed by atoms with Crippen LogP contribution in [-0.2, 0) is 20.8 Å². The molecule has 0 aromatic heterocycles. The van der Waals surface area contributed by atoms with E-state index >= 15 is 0 Å². The molecule has 0 fully saturated rings. The Morgan fingerprint density at radius 1 is 0.862 bits per heavy atom. The first kappa shape index (κ1) is 26.8. The zero-order chi connectivity index (χ0) is 23.0. The Labute approximate surface area is 184 Å². The summed E-state index contributed by atoms with van der Waals surface area (Å²) >= 11 is 0. The van der Waals surface area contributed by atoms with Gasteiger partial charge in [0.25, 0.3) is 0 Å². The van der Waals surface area contributed by atoms with E-state index in [0.29, 0.717) is 0 Å². The molecule has 4 heteroatoms. The smallest absolute Gasteiger partial charge is 0.128 e. The zero-order valence-corrected chi connectivity index (χ0v) is 23.7. The lowest BCUT2D eigenvalue weighted by Crippen LogP contribution is -2.43. The van der Waals surface area contributed by atoms with Gasteiger partial charge in [0.1, 0.15) is 16.5 Å². The average molecular weight is 438 g/mol. The molecule has 29 heavy (non-hydrogen) atoms. The van der Waals surface area contributed by atoms with E-state index in [0.717, 1.165) is 6.42 Å². The first-order valence-electron chi connectivity index (χ1n) is 11.2. The van der Waals surface area contributed by atoms with Crippen LogP contribution in [0.3, 0.4) is 0 Å². The second kappa shape index (κ2) is 9.11. The number of benzene rings is 1. The highest BCUT2D eigenvalue weighted by atomic mass is 31.2. The van der Waals surface area contributed by atoms with Crippen LogP contribution in [0.2, 0.25) is 19.6 Å². The van der Waals surface area contributed by atoms with Crippen LogP contribution in [0.25, 0.3) is 0 Å². The van der Waals surface area contributed by atoms with Crippen LogP contribution in [0.4, 0.5) is 0 Å². The highest BCUT2D eigenvalue weighted by molar-refractivity contribution is 7.61. The van der Waals surface area contributed by atoms with E-state index < -0.39 is 16.5 Å². The normalized spacial score (nSPS) is 16.1. The lowest BCUT2D eigenvalue weighted by atomic mass is 9.75. The molecule has 0 aliphatic rings. The van der Waals surface area contributed by atoms with Crippen molar-refractivity contribution in [3.05, 3.63) is 28.8 Å². The molecule has 2 atom stereocenters. The summed E-state index contributed by atoms with van der Waals surface area (Å²) in [5.74, 6) is 0. The molecule has 0 radical (unpaired) electrons. The second-order valence-electron chi connectivity index (χ2n) is 12.7. The van der Waals surface area contributed by atoms with Gasteiger partial charge in [-0.05, 0) is 46.3 Å². The zero-order valence-electron chi connectivity index (χ0n) is 21.8. The first-order valence-corrected chi connectivity index (χ1v) is 16.0. The molecule has 168 valence electrons. The number of nitrogens with one attached hydrogen (secondary N) is 1. The summed E-state index contributed by atoms with van der Waals surface area (Å²) in [6, 6.07) is 4.93. The summed E-state index contributed by atoms with van der Waals surface area (Å²) in [6.45, 7) is 32.6. The molecule has 1 rings (SSSR count). The third-order valence-corrected chi connectivity index (χ3v) is 10.0. The Bertz CT molecular complexity index is 652. The highest BCUT2D eigenvalue weighted by Crippen LogP contribution is 2.44. The molecule has 0 heterocycles. The van der Waals surface area contributed by atoms with Crippen molar-refractivity contribution in [3.63, 3.8) is 0 Å². The van der Waals surface area contributed by atoms with E-state index in [2.05, 4.69) is 113 Å². The fourth-order valence-electron chi connectivity index (χ4n) is 3.12. The summed E-state index contributed by atoms with van der Waals surface area (Å²) in [7, 11) is -2.44. The number of hydrogen-bond acceptors (Lipinski definition) is 2. The Hall–Kier alpha value is -0.213. The summed E-state index contributed by atoms with van der Waals surface area (Å²) in [4.78, 5) is 0. The predicted molar refractivity (Wildman–Crippen MR) is 136 cm³/mol. The van der Waals surface area contributed by atoms with Crippen LogP contribution in [0.15, 0.2) is 12.1 Å². The number of hydrogen-bond donors (Lipinski definition) is 1. The monoisotopic (exact) mass is 437 g/mol. The number of rotatable bonds is 6. The van der Waals surface area contributed by atoms with Crippen molar-refractivity contribution in [2.24, 2.45) is 0 Å². The molecule has 0 spiro atoms. The topological polar surface area (TPSA) is 21.3 Å². The van der Waals surface area contributed by atoms with Crippen molar-refractivity contribution < 1.29 is 4.52 Å². The van der Waals surface area contributed by atoms with Crippen LogP contribution < -0.4 is 10.1 Å². The molecule has 1 N–H and O–H groups in total. The van der Waals surface area contributed by atoms with Crippen molar-refractivity contribution in [3.8, 4) is 0 Å². The minimum Gasteiger partial charge on any atom is -0.337 e. The molecular formula is C25H48NOPSi. The predicted octanol–water partition coefficient (Wildman–Crippen LogP) is 7.76. The minimum absolute atomic E-state index is 0.0527. The van der Waals surface area contributed by atoms with Gasteiger partial charge in [-0.15, -0.1) is 0 Å². The Morgan fingerprint density at radius 2 is 1.28 bits per heavy atom. The molecule has 1 aromatic carbocycles. The molecule has 0 amide bonds. The van der Waals surface area contributed by atoms with Gasteiger partial charge in [0.15, 0.2) is 0 Å². The van der Waals surface area contributed by atoms with Crippen LogP contribution >= 0.6 is 8.30 Å². The van der Waals surface area contributed by atoms with Crippen LogP contribution in [0.1, 0.15) is 99.3 Å². The fourth-order valence-corrected chi connectivity index (χ4v) is 8.07. The molecule has 2 nitrogen and oxygen atoms in total. The van der Waals surface area contributed by atoms with Gasteiger partial charge in [-0.2, -0.15) is 0 Å². The van der Waals surface area contributed by atoms with Crippen molar-refractivity contribution >= 4 is 21.8 Å². The van der Waals surface area contributed by atoms with E-state index in [1.54, 1.807) is 0 Å². The Kier molecular flexibility index (Phi) is 8.42. The lowest BCUT2D eigenvalue weighted by molar-refractivity contribution is 0.244. The summed E-state index contributed by atoms with van der Waals surface area (Å²) in [5, 5.41) is 1.43.